The zero-order chi connectivity index (χ0) is 23.4. The molecule has 176 valence electrons. The number of rotatable bonds is 8. The molecule has 1 aliphatic heterocycles. The first kappa shape index (κ1) is 24.5. The van der Waals surface area contributed by atoms with Gasteiger partial charge in [-0.25, -0.2) is 4.68 Å². The minimum atomic E-state index is -1.37. The van der Waals surface area contributed by atoms with Gasteiger partial charge >= 0.3 is 0 Å². The van der Waals surface area contributed by atoms with Gasteiger partial charge in [-0.05, 0) is 25.6 Å². The molecule has 32 heavy (non-hydrogen) atoms. The van der Waals surface area contributed by atoms with Crippen LogP contribution < -0.4 is 5.32 Å². The molecule has 5 atom stereocenters. The van der Waals surface area contributed by atoms with E-state index in [1.165, 1.54) is 11.6 Å². The Morgan fingerprint density at radius 1 is 1.22 bits per heavy atom. The molecule has 4 N–H and O–H groups in total. The second-order valence-corrected chi connectivity index (χ2v) is 8.60. The third-order valence-corrected chi connectivity index (χ3v) is 6.10. The molecule has 1 amide bonds. The van der Waals surface area contributed by atoms with Crippen LogP contribution in [0.15, 0.2) is 24.3 Å². The number of carbonyl (C=O) groups excluding carboxylic acids is 1. The van der Waals surface area contributed by atoms with Gasteiger partial charge in [0, 0.05) is 19.0 Å². The first-order chi connectivity index (χ1) is 15.3. The summed E-state index contributed by atoms with van der Waals surface area (Å²) < 4.78 is 9.64. The summed E-state index contributed by atoms with van der Waals surface area (Å²) in [6.45, 7) is 5.60. The Morgan fingerprint density at radius 2 is 1.91 bits per heavy atom. The van der Waals surface area contributed by atoms with Gasteiger partial charge < -0.3 is 25.4 Å². The Kier molecular flexibility index (Phi) is 8.18. The lowest BCUT2D eigenvalue weighted by Gasteiger charge is -2.42. The number of aliphatic hydroxyl groups is 3. The minimum Gasteiger partial charge on any atom is -0.394 e. The number of hydrogen-bond donors (Lipinski definition) is 4. The molecule has 10 heteroatoms. The van der Waals surface area contributed by atoms with E-state index < -0.39 is 43.1 Å². The van der Waals surface area contributed by atoms with Gasteiger partial charge in [-0.15, -0.1) is 5.10 Å². The number of nitrogens with zero attached hydrogens (tertiary/aromatic N) is 3. The molecule has 0 bridgehead atoms. The van der Waals surface area contributed by atoms with Gasteiger partial charge in [0.25, 0.3) is 0 Å². The highest BCUT2D eigenvalue weighted by molar-refractivity contribution is 7.71. The molecule has 0 spiro atoms. The third kappa shape index (κ3) is 5.10. The van der Waals surface area contributed by atoms with Crippen molar-refractivity contribution in [2.45, 2.75) is 77.2 Å². The van der Waals surface area contributed by atoms with E-state index in [1.54, 1.807) is 0 Å². The lowest BCUT2D eigenvalue weighted by Crippen LogP contribution is -2.62. The van der Waals surface area contributed by atoms with Crippen molar-refractivity contribution in [1.29, 1.82) is 0 Å². The number of ether oxygens (including phenoxy) is 1. The number of amides is 1. The first-order valence-electron chi connectivity index (χ1n) is 10.9. The van der Waals surface area contributed by atoms with Crippen molar-refractivity contribution in [3.05, 3.63) is 34.6 Å². The number of hydrogen-bond acceptors (Lipinski definition) is 7. The third-order valence-electron chi connectivity index (χ3n) is 5.69. The molecule has 1 aliphatic rings. The molecule has 0 saturated carbocycles. The summed E-state index contributed by atoms with van der Waals surface area (Å²) in [5, 5.41) is 38.0. The Hall–Kier alpha value is -2.11. The molecule has 2 heterocycles. The molecular weight excluding hydrogens is 432 g/mol. The van der Waals surface area contributed by atoms with Gasteiger partial charge in [0.05, 0.1) is 6.61 Å². The fourth-order valence-corrected chi connectivity index (χ4v) is 4.24. The predicted octanol–water partition coefficient (Wildman–Crippen LogP) is 1.70. The largest absolute Gasteiger partial charge is 0.394 e. The maximum Gasteiger partial charge on any atom is 0.217 e. The summed E-state index contributed by atoms with van der Waals surface area (Å²) in [5.41, 5.74) is 2.00. The average molecular weight is 465 g/mol. The maximum atomic E-state index is 11.8. The van der Waals surface area contributed by atoms with E-state index in [2.05, 4.69) is 12.2 Å². The Bertz CT molecular complexity index is 974. The van der Waals surface area contributed by atoms with Crippen molar-refractivity contribution in [3.8, 4) is 11.4 Å². The summed E-state index contributed by atoms with van der Waals surface area (Å²) in [6.07, 6.45) is -1.79. The van der Waals surface area contributed by atoms with Crippen LogP contribution in [-0.4, -0.2) is 66.5 Å². The fourth-order valence-electron chi connectivity index (χ4n) is 3.91. The molecule has 1 fully saturated rings. The summed E-state index contributed by atoms with van der Waals surface area (Å²) in [5.74, 6) is 0.252. The van der Waals surface area contributed by atoms with Crippen LogP contribution in [-0.2, 0) is 16.1 Å². The van der Waals surface area contributed by atoms with E-state index in [-0.39, 0.29) is 0 Å². The molecule has 2 aromatic rings. The second kappa shape index (κ2) is 10.7. The van der Waals surface area contributed by atoms with Crippen LogP contribution in [0.5, 0.6) is 0 Å². The molecule has 0 unspecified atom stereocenters. The number of aromatic nitrogens is 3. The zero-order valence-corrected chi connectivity index (χ0v) is 19.5. The number of benzene rings is 1. The normalized spacial score (nSPS) is 25.6. The average Bonchev–Trinajstić information content (AvgIpc) is 3.08. The minimum absolute atomic E-state index is 0.373. The molecule has 9 nitrogen and oxygen atoms in total. The van der Waals surface area contributed by atoms with Crippen molar-refractivity contribution < 1.29 is 24.9 Å². The van der Waals surface area contributed by atoms with E-state index >= 15 is 0 Å². The van der Waals surface area contributed by atoms with Crippen molar-refractivity contribution >= 4 is 18.1 Å². The lowest BCUT2D eigenvalue weighted by atomic mass is 9.96. The lowest BCUT2D eigenvalue weighted by molar-refractivity contribution is -0.219. The van der Waals surface area contributed by atoms with Crippen LogP contribution in [0.2, 0.25) is 0 Å². The molecule has 0 radical (unpaired) electrons. The number of carbonyl (C=O) groups is 1. The van der Waals surface area contributed by atoms with Crippen molar-refractivity contribution in [3.63, 3.8) is 0 Å². The molecule has 1 saturated heterocycles. The summed E-state index contributed by atoms with van der Waals surface area (Å²) in [6, 6.07) is 6.92. The first-order valence-corrected chi connectivity index (χ1v) is 11.3. The van der Waals surface area contributed by atoms with Gasteiger partial charge in [-0.3, -0.25) is 9.36 Å². The summed E-state index contributed by atoms with van der Waals surface area (Å²) in [7, 11) is 0. The zero-order valence-electron chi connectivity index (χ0n) is 18.6. The Morgan fingerprint density at radius 3 is 2.50 bits per heavy atom. The van der Waals surface area contributed by atoms with E-state index in [0.717, 1.165) is 30.4 Å². The maximum absolute atomic E-state index is 11.8. The van der Waals surface area contributed by atoms with E-state index in [0.29, 0.717) is 17.1 Å². The van der Waals surface area contributed by atoms with Crippen LogP contribution in [0.3, 0.4) is 0 Å². The Labute approximate surface area is 192 Å². The van der Waals surface area contributed by atoms with Crippen LogP contribution in [0.1, 0.15) is 44.9 Å². The number of unbranched alkanes of at least 4 members (excludes halogenated alkanes) is 2. The number of aryl methyl sites for hydroxylation is 1. The molecule has 1 aromatic heterocycles. The van der Waals surface area contributed by atoms with Crippen molar-refractivity contribution in [1.82, 2.24) is 19.7 Å². The molecule has 0 aliphatic carbocycles. The van der Waals surface area contributed by atoms with E-state index in [1.807, 2.05) is 35.8 Å². The molecular formula is C22H32N4O5S. The van der Waals surface area contributed by atoms with Crippen LogP contribution >= 0.6 is 12.2 Å². The van der Waals surface area contributed by atoms with Gasteiger partial charge in [-0.1, -0.05) is 49.6 Å². The highest BCUT2D eigenvalue weighted by Gasteiger charge is 2.46. The van der Waals surface area contributed by atoms with E-state index in [9.17, 15) is 20.1 Å². The highest BCUT2D eigenvalue weighted by Crippen LogP contribution is 2.30. The van der Waals surface area contributed by atoms with Gasteiger partial charge in [0.1, 0.15) is 24.4 Å². The van der Waals surface area contributed by atoms with Crippen LogP contribution in [0, 0.1) is 11.7 Å². The standard InChI is InChI=1S/C22H32N4O5S/c1-4-5-6-11-25-20(15-9-7-13(2)8-10-15)24-26(22(25)32)21-17(23-14(3)28)19(30)18(29)16(12-27)31-21/h7-10,16-19,21,27,29-30H,4-6,11-12H2,1-3H3,(H,23,28)/t16-,17-,18+,19-,21-/m1/s1. The van der Waals surface area contributed by atoms with Gasteiger partial charge in [0.15, 0.2) is 12.1 Å². The quantitative estimate of drug-likeness (QED) is 0.346. The molecule has 3 rings (SSSR count). The van der Waals surface area contributed by atoms with E-state index in [4.69, 9.17) is 22.1 Å². The van der Waals surface area contributed by atoms with Gasteiger partial charge in [-0.2, -0.15) is 0 Å². The molecule has 1 aromatic carbocycles. The second-order valence-electron chi connectivity index (χ2n) is 8.23. The van der Waals surface area contributed by atoms with Crippen molar-refractivity contribution in [2.24, 2.45) is 0 Å². The SMILES string of the molecule is CCCCCn1c(-c2ccc(C)cc2)nn([C@@H]2O[C@H](CO)[C@H](O)[C@H](O)[C@H]2NC(C)=O)c1=S. The summed E-state index contributed by atoms with van der Waals surface area (Å²) >= 11 is 5.74. The van der Waals surface area contributed by atoms with Crippen LogP contribution in [0.25, 0.3) is 11.4 Å². The topological polar surface area (TPSA) is 122 Å². The summed E-state index contributed by atoms with van der Waals surface area (Å²) in [4.78, 5) is 11.8. The van der Waals surface area contributed by atoms with Gasteiger partial charge in [0.2, 0.25) is 10.7 Å². The highest BCUT2D eigenvalue weighted by atomic mass is 32.1. The van der Waals surface area contributed by atoms with Crippen LogP contribution in [0.4, 0.5) is 0 Å². The Balaban J connectivity index is 2.09. The smallest absolute Gasteiger partial charge is 0.217 e. The predicted molar refractivity (Wildman–Crippen MR) is 121 cm³/mol. The number of aliphatic hydroxyl groups excluding tert-OH is 3. The van der Waals surface area contributed by atoms with Crippen molar-refractivity contribution in [2.75, 3.05) is 6.61 Å². The number of nitrogens with one attached hydrogen (secondary N) is 1. The monoisotopic (exact) mass is 464 g/mol. The fraction of sp³-hybridized carbons (Fsp3) is 0.591.